The number of rotatable bonds is 4. The van der Waals surface area contributed by atoms with E-state index >= 15 is 0 Å². The molecule has 1 aliphatic heterocycles. The van der Waals surface area contributed by atoms with Crippen molar-refractivity contribution >= 4 is 17.0 Å². The van der Waals surface area contributed by atoms with Crippen LogP contribution in [0.2, 0.25) is 0 Å². The van der Waals surface area contributed by atoms with E-state index in [0.717, 1.165) is 55.5 Å². The molecule has 2 aromatic heterocycles. The van der Waals surface area contributed by atoms with Crippen LogP contribution in [0.15, 0.2) is 10.6 Å². The van der Waals surface area contributed by atoms with Crippen LogP contribution >= 0.6 is 0 Å². The molecule has 0 bridgehead atoms. The predicted molar refractivity (Wildman–Crippen MR) is 100 cm³/mol. The van der Waals surface area contributed by atoms with Crippen LogP contribution in [0, 0.1) is 11.3 Å². The van der Waals surface area contributed by atoms with Gasteiger partial charge in [-0.05, 0) is 49.6 Å². The average molecular weight is 356 g/mol. The Hall–Kier alpha value is -1.95. The lowest BCUT2D eigenvalue weighted by Gasteiger charge is -2.19. The highest BCUT2D eigenvalue weighted by Crippen LogP contribution is 2.41. The summed E-state index contributed by atoms with van der Waals surface area (Å²) in [5.41, 5.74) is 8.86. The first-order valence-corrected chi connectivity index (χ1v) is 9.64. The zero-order valence-electron chi connectivity index (χ0n) is 15.9. The lowest BCUT2D eigenvalue weighted by Crippen LogP contribution is -2.30. The number of hydrogen-bond acceptors (Lipinski definition) is 5. The van der Waals surface area contributed by atoms with Crippen molar-refractivity contribution in [1.29, 1.82) is 0 Å². The van der Waals surface area contributed by atoms with Crippen molar-refractivity contribution < 1.29 is 9.32 Å². The number of carbonyl (C=O) groups excluding carboxylic acids is 1. The van der Waals surface area contributed by atoms with Crippen molar-refractivity contribution in [2.45, 2.75) is 52.4 Å². The van der Waals surface area contributed by atoms with Crippen LogP contribution in [0.4, 0.5) is 0 Å². The van der Waals surface area contributed by atoms with Crippen molar-refractivity contribution in [1.82, 2.24) is 15.0 Å². The third-order valence-electron chi connectivity index (χ3n) is 5.37. The Morgan fingerprint density at radius 2 is 2.12 bits per heavy atom. The van der Waals surface area contributed by atoms with E-state index in [1.807, 2.05) is 11.0 Å². The monoisotopic (exact) mass is 356 g/mol. The molecule has 2 aromatic rings. The van der Waals surface area contributed by atoms with Gasteiger partial charge in [-0.25, -0.2) is 4.98 Å². The molecular weight excluding hydrogens is 328 g/mol. The second kappa shape index (κ2) is 6.34. The van der Waals surface area contributed by atoms with E-state index in [0.29, 0.717) is 29.7 Å². The van der Waals surface area contributed by atoms with Crippen molar-refractivity contribution in [3.05, 3.63) is 23.0 Å². The van der Waals surface area contributed by atoms with Crippen LogP contribution in [0.1, 0.15) is 67.7 Å². The van der Waals surface area contributed by atoms with Crippen molar-refractivity contribution in [2.75, 3.05) is 19.6 Å². The van der Waals surface area contributed by atoms with Gasteiger partial charge < -0.3 is 15.2 Å². The number of fused-ring (bicyclic) bond motifs is 1. The molecule has 0 aromatic carbocycles. The van der Waals surface area contributed by atoms with E-state index in [2.05, 4.69) is 30.9 Å². The van der Waals surface area contributed by atoms with Crippen LogP contribution in [0.25, 0.3) is 11.1 Å². The van der Waals surface area contributed by atoms with Gasteiger partial charge in [0.05, 0.1) is 16.6 Å². The molecule has 1 aliphatic carbocycles. The van der Waals surface area contributed by atoms with Gasteiger partial charge in [-0.3, -0.25) is 4.79 Å². The molecule has 140 valence electrons. The number of pyridine rings is 1. The van der Waals surface area contributed by atoms with E-state index in [1.165, 1.54) is 0 Å². The molecule has 1 saturated heterocycles. The molecular formula is C20H28N4O2. The molecule has 1 unspecified atom stereocenters. The zero-order chi connectivity index (χ0) is 18.5. The molecule has 2 fully saturated rings. The van der Waals surface area contributed by atoms with Crippen LogP contribution < -0.4 is 5.73 Å². The molecule has 1 amide bonds. The Labute approximate surface area is 154 Å². The van der Waals surface area contributed by atoms with E-state index in [9.17, 15) is 4.79 Å². The molecule has 1 atom stereocenters. The fourth-order valence-corrected chi connectivity index (χ4v) is 3.79. The maximum Gasteiger partial charge on any atom is 0.259 e. The van der Waals surface area contributed by atoms with Crippen LogP contribution in [0.3, 0.4) is 0 Å². The SMILES string of the molecule is CC(C)(C)Cc1noc2nc(C3CC3)cc(C(=O)N3CCC(CN)C3)c12. The van der Waals surface area contributed by atoms with Crippen molar-refractivity contribution in [2.24, 2.45) is 17.1 Å². The topological polar surface area (TPSA) is 85.2 Å². The van der Waals surface area contributed by atoms with E-state index in [-0.39, 0.29) is 11.3 Å². The number of hydrogen-bond donors (Lipinski definition) is 1. The molecule has 26 heavy (non-hydrogen) atoms. The Bertz CT molecular complexity index is 832. The lowest BCUT2D eigenvalue weighted by atomic mass is 9.89. The van der Waals surface area contributed by atoms with Gasteiger partial charge in [-0.15, -0.1) is 0 Å². The van der Waals surface area contributed by atoms with Crippen molar-refractivity contribution in [3.63, 3.8) is 0 Å². The van der Waals surface area contributed by atoms with Gasteiger partial charge >= 0.3 is 0 Å². The highest BCUT2D eigenvalue weighted by molar-refractivity contribution is 6.06. The third kappa shape index (κ3) is 3.34. The Kier molecular flexibility index (Phi) is 4.26. The molecule has 0 radical (unpaired) electrons. The minimum absolute atomic E-state index is 0.0531. The van der Waals surface area contributed by atoms with Crippen LogP contribution in [-0.2, 0) is 6.42 Å². The Morgan fingerprint density at radius 3 is 2.73 bits per heavy atom. The summed E-state index contributed by atoms with van der Waals surface area (Å²) < 4.78 is 5.56. The Balaban J connectivity index is 1.77. The van der Waals surface area contributed by atoms with Gasteiger partial charge in [-0.2, -0.15) is 0 Å². The maximum absolute atomic E-state index is 13.3. The van der Waals surface area contributed by atoms with Gasteiger partial charge in [0.15, 0.2) is 0 Å². The fourth-order valence-electron chi connectivity index (χ4n) is 3.79. The smallest absolute Gasteiger partial charge is 0.259 e. The number of aromatic nitrogens is 2. The van der Waals surface area contributed by atoms with E-state index in [1.54, 1.807) is 0 Å². The number of likely N-dealkylation sites (tertiary alicyclic amines) is 1. The summed E-state index contributed by atoms with van der Waals surface area (Å²) in [7, 11) is 0. The average Bonchev–Trinajstić information content (AvgIpc) is 3.20. The minimum Gasteiger partial charge on any atom is -0.338 e. The summed E-state index contributed by atoms with van der Waals surface area (Å²) in [6, 6.07) is 1.99. The molecule has 1 saturated carbocycles. The highest BCUT2D eigenvalue weighted by atomic mass is 16.5. The molecule has 0 spiro atoms. The second-order valence-corrected chi connectivity index (χ2v) is 9.06. The number of nitrogens with two attached hydrogens (primary N) is 1. The number of carbonyl (C=O) groups is 1. The molecule has 6 heteroatoms. The largest absolute Gasteiger partial charge is 0.338 e. The summed E-state index contributed by atoms with van der Waals surface area (Å²) in [4.78, 5) is 19.9. The van der Waals surface area contributed by atoms with Gasteiger partial charge in [0, 0.05) is 24.7 Å². The molecule has 2 N–H and O–H groups in total. The summed E-state index contributed by atoms with van der Waals surface area (Å²) in [5, 5.41) is 5.07. The van der Waals surface area contributed by atoms with Gasteiger partial charge in [-0.1, -0.05) is 25.9 Å². The highest BCUT2D eigenvalue weighted by Gasteiger charge is 2.33. The number of nitrogens with zero attached hydrogens (tertiary/aromatic N) is 3. The fraction of sp³-hybridized carbons (Fsp3) is 0.650. The Morgan fingerprint density at radius 1 is 1.35 bits per heavy atom. The maximum atomic E-state index is 13.3. The van der Waals surface area contributed by atoms with Gasteiger partial charge in [0.25, 0.3) is 11.6 Å². The van der Waals surface area contributed by atoms with Crippen molar-refractivity contribution in [3.8, 4) is 0 Å². The first kappa shape index (κ1) is 17.5. The van der Waals surface area contributed by atoms with Crippen LogP contribution in [0.5, 0.6) is 0 Å². The van der Waals surface area contributed by atoms with E-state index < -0.39 is 0 Å². The summed E-state index contributed by atoms with van der Waals surface area (Å²) >= 11 is 0. The zero-order valence-corrected chi connectivity index (χ0v) is 15.9. The molecule has 4 rings (SSSR count). The lowest BCUT2D eigenvalue weighted by molar-refractivity contribution is 0.0789. The molecule has 2 aliphatic rings. The van der Waals surface area contributed by atoms with Gasteiger partial charge in [0.2, 0.25) is 0 Å². The summed E-state index contributed by atoms with van der Waals surface area (Å²) in [6.45, 7) is 8.61. The summed E-state index contributed by atoms with van der Waals surface area (Å²) in [5.74, 6) is 0.918. The van der Waals surface area contributed by atoms with E-state index in [4.69, 9.17) is 10.3 Å². The third-order valence-corrected chi connectivity index (χ3v) is 5.37. The normalized spacial score (nSPS) is 20.9. The standard InChI is InChI=1S/C20H28N4O2/c1-20(2,3)9-16-17-14(19(25)24-7-6-12(10-21)11-24)8-15(13-4-5-13)22-18(17)26-23-16/h8,12-13H,4-7,9-11,21H2,1-3H3. The summed E-state index contributed by atoms with van der Waals surface area (Å²) in [6.07, 6.45) is 3.99. The minimum atomic E-state index is 0.0531. The first-order valence-electron chi connectivity index (χ1n) is 9.64. The van der Waals surface area contributed by atoms with Gasteiger partial charge in [0.1, 0.15) is 0 Å². The molecule has 6 nitrogen and oxygen atoms in total. The predicted octanol–water partition coefficient (Wildman–Crippen LogP) is 3.11. The van der Waals surface area contributed by atoms with Crippen LogP contribution in [-0.4, -0.2) is 40.6 Å². The molecule has 3 heterocycles. The second-order valence-electron chi connectivity index (χ2n) is 9.06. The first-order chi connectivity index (χ1) is 12.4. The quantitative estimate of drug-likeness (QED) is 0.910. The number of amides is 1.